The molecule has 3 heteroatoms. The van der Waals surface area contributed by atoms with E-state index in [2.05, 4.69) is 65.4 Å². The van der Waals surface area contributed by atoms with E-state index in [1.165, 1.54) is 44.3 Å². The monoisotopic (exact) mass is 428 g/mol. The second-order valence-electron chi connectivity index (χ2n) is 5.32. The first-order valence-electron chi connectivity index (χ1n) is 6.42. The van der Waals surface area contributed by atoms with E-state index < -0.39 is 0 Å². The maximum absolute atomic E-state index is 3.65. The summed E-state index contributed by atoms with van der Waals surface area (Å²) in [6, 6.07) is 2.32. The Morgan fingerprint density at radius 1 is 1.24 bits per heavy atom. The van der Waals surface area contributed by atoms with Gasteiger partial charge in [-0.1, -0.05) is 40.0 Å². The quantitative estimate of drug-likeness (QED) is 0.434. The lowest BCUT2D eigenvalue weighted by Crippen LogP contribution is -1.98. The van der Waals surface area contributed by atoms with Gasteiger partial charge in [0.25, 0.3) is 0 Å². The summed E-state index contributed by atoms with van der Waals surface area (Å²) in [6.07, 6.45) is 6.70. The van der Waals surface area contributed by atoms with Crippen LogP contribution in [-0.4, -0.2) is 0 Å². The van der Waals surface area contributed by atoms with Gasteiger partial charge in [-0.2, -0.15) is 0 Å². The van der Waals surface area contributed by atoms with Crippen molar-refractivity contribution in [2.24, 2.45) is 11.8 Å². The molecule has 0 amide bonds. The Morgan fingerprint density at radius 2 is 1.94 bits per heavy atom. The van der Waals surface area contributed by atoms with E-state index in [-0.39, 0.29) is 0 Å². The molecule has 1 rings (SSSR count). The molecule has 0 aliphatic heterocycles. The van der Waals surface area contributed by atoms with Gasteiger partial charge in [-0.3, -0.25) is 0 Å². The van der Waals surface area contributed by atoms with Crippen molar-refractivity contribution >= 4 is 49.9 Å². The molecule has 1 heterocycles. The molecule has 0 bridgehead atoms. The van der Waals surface area contributed by atoms with Crippen LogP contribution in [0.5, 0.6) is 0 Å². The van der Waals surface area contributed by atoms with Crippen LogP contribution in [0.15, 0.2) is 9.85 Å². The molecule has 0 nitrogen and oxygen atoms in total. The summed E-state index contributed by atoms with van der Waals surface area (Å²) in [5, 5.41) is 0. The lowest BCUT2D eigenvalue weighted by molar-refractivity contribution is 0.437. The van der Waals surface area contributed by atoms with Crippen LogP contribution in [0.2, 0.25) is 0 Å². The minimum Gasteiger partial charge on any atom is -0.122 e. The Hall–Kier alpha value is 0.910. The summed E-state index contributed by atoms with van der Waals surface area (Å²) in [7, 11) is 0. The number of thiophene rings is 1. The van der Waals surface area contributed by atoms with Gasteiger partial charge in [-0.15, -0.1) is 11.3 Å². The van der Waals surface area contributed by atoms with Crippen molar-refractivity contribution in [1.82, 2.24) is 0 Å². The molecule has 0 aromatic carbocycles. The third-order valence-corrected chi connectivity index (χ3v) is 5.83. The first-order valence-corrected chi connectivity index (χ1v) is 9.11. The largest absolute Gasteiger partial charge is 0.122 e. The molecule has 0 aliphatic carbocycles. The topological polar surface area (TPSA) is 0 Å². The molecule has 0 aliphatic rings. The molecule has 98 valence electrons. The van der Waals surface area contributed by atoms with Crippen molar-refractivity contribution in [1.29, 1.82) is 0 Å². The lowest BCUT2D eigenvalue weighted by atomic mass is 9.95. The van der Waals surface area contributed by atoms with Crippen LogP contribution in [0.1, 0.15) is 52.0 Å². The fraction of sp³-hybridized carbons (Fsp3) is 0.714. The summed E-state index contributed by atoms with van der Waals surface area (Å²) in [5.41, 5.74) is 1.50. The number of hydrogen-bond donors (Lipinski definition) is 0. The number of halogens is 2. The van der Waals surface area contributed by atoms with Crippen molar-refractivity contribution < 1.29 is 0 Å². The first kappa shape index (κ1) is 16.0. The van der Waals surface area contributed by atoms with E-state index in [0.717, 1.165) is 11.8 Å². The van der Waals surface area contributed by atoms with Crippen LogP contribution >= 0.6 is 49.9 Å². The predicted molar refractivity (Wildman–Crippen MR) is 90.9 cm³/mol. The smallest absolute Gasteiger partial charge is 0.0741 e. The molecule has 0 radical (unpaired) electrons. The highest BCUT2D eigenvalue weighted by Gasteiger charge is 2.08. The molecule has 0 N–H and O–H groups in total. The fourth-order valence-electron chi connectivity index (χ4n) is 1.97. The van der Waals surface area contributed by atoms with Gasteiger partial charge in [0.1, 0.15) is 0 Å². The lowest BCUT2D eigenvalue weighted by Gasteiger charge is -2.11. The van der Waals surface area contributed by atoms with Gasteiger partial charge in [0.05, 0.1) is 6.67 Å². The molecule has 0 spiro atoms. The SMILES string of the molecule is CC(C)CCC[C@H](C)CCc1cc(I)sc1Br. The molecular formula is C14H22BrIS. The Kier molecular flexibility index (Phi) is 7.66. The zero-order valence-corrected chi connectivity index (χ0v) is 15.5. The summed E-state index contributed by atoms with van der Waals surface area (Å²) in [6.45, 7) is 7.02. The zero-order valence-electron chi connectivity index (χ0n) is 10.9. The van der Waals surface area contributed by atoms with Crippen molar-refractivity contribution in [3.05, 3.63) is 18.3 Å². The Bertz CT molecular complexity index is 333. The highest BCUT2D eigenvalue weighted by molar-refractivity contribution is 14.1. The third kappa shape index (κ3) is 6.58. The van der Waals surface area contributed by atoms with Gasteiger partial charge < -0.3 is 0 Å². The molecular weight excluding hydrogens is 407 g/mol. The molecule has 0 saturated carbocycles. The van der Waals surface area contributed by atoms with Crippen molar-refractivity contribution in [3.8, 4) is 0 Å². The van der Waals surface area contributed by atoms with Crippen LogP contribution in [0.25, 0.3) is 0 Å². The Balaban J connectivity index is 2.23. The van der Waals surface area contributed by atoms with Crippen molar-refractivity contribution in [2.75, 3.05) is 0 Å². The first-order chi connectivity index (χ1) is 7.99. The number of aryl methyl sites for hydroxylation is 1. The van der Waals surface area contributed by atoms with Gasteiger partial charge in [0, 0.05) is 0 Å². The fourth-order valence-corrected chi connectivity index (χ4v) is 5.41. The van der Waals surface area contributed by atoms with Gasteiger partial charge in [0.2, 0.25) is 0 Å². The van der Waals surface area contributed by atoms with Crippen molar-refractivity contribution in [2.45, 2.75) is 52.9 Å². The molecule has 0 fully saturated rings. The van der Waals surface area contributed by atoms with E-state index in [0.29, 0.717) is 0 Å². The average Bonchev–Trinajstić information content (AvgIpc) is 2.54. The van der Waals surface area contributed by atoms with Crippen molar-refractivity contribution in [3.63, 3.8) is 0 Å². The van der Waals surface area contributed by atoms with Crippen LogP contribution in [0.4, 0.5) is 0 Å². The summed E-state index contributed by atoms with van der Waals surface area (Å²) in [4.78, 5) is 0. The molecule has 17 heavy (non-hydrogen) atoms. The Morgan fingerprint density at radius 3 is 2.47 bits per heavy atom. The molecule has 1 atom stereocenters. The van der Waals surface area contributed by atoms with Gasteiger partial charge in [0.15, 0.2) is 0 Å². The van der Waals surface area contributed by atoms with E-state index >= 15 is 0 Å². The summed E-state index contributed by atoms with van der Waals surface area (Å²) < 4.78 is 2.72. The average molecular weight is 429 g/mol. The molecule has 1 aromatic rings. The summed E-state index contributed by atoms with van der Waals surface area (Å²) >= 11 is 7.90. The zero-order chi connectivity index (χ0) is 12.8. The van der Waals surface area contributed by atoms with Gasteiger partial charge >= 0.3 is 0 Å². The van der Waals surface area contributed by atoms with E-state index in [1.54, 1.807) is 0 Å². The van der Waals surface area contributed by atoms with Crippen LogP contribution in [0, 0.1) is 14.7 Å². The minimum atomic E-state index is 0.856. The maximum Gasteiger partial charge on any atom is 0.0741 e. The van der Waals surface area contributed by atoms with E-state index in [4.69, 9.17) is 0 Å². The highest BCUT2D eigenvalue weighted by atomic mass is 127. The normalized spacial score (nSPS) is 13.3. The highest BCUT2D eigenvalue weighted by Crippen LogP contribution is 2.31. The third-order valence-electron chi connectivity index (χ3n) is 3.11. The van der Waals surface area contributed by atoms with E-state index in [9.17, 15) is 0 Å². The number of hydrogen-bond acceptors (Lipinski definition) is 1. The second kappa shape index (κ2) is 8.16. The van der Waals surface area contributed by atoms with Gasteiger partial charge in [-0.25, -0.2) is 0 Å². The van der Waals surface area contributed by atoms with Crippen LogP contribution in [0.3, 0.4) is 0 Å². The maximum atomic E-state index is 3.65. The van der Waals surface area contributed by atoms with Crippen LogP contribution in [-0.2, 0) is 6.42 Å². The molecule has 0 saturated heterocycles. The molecule has 0 unspecified atom stereocenters. The standard InChI is InChI=1S/C14H22BrIS/c1-10(2)5-4-6-11(3)7-8-12-9-13(16)17-14(12)15/h9-11H,4-8H2,1-3H3/t11-/m0/s1. The molecule has 1 aromatic heterocycles. The number of rotatable bonds is 7. The summed E-state index contributed by atoms with van der Waals surface area (Å²) in [5.74, 6) is 1.72. The minimum absolute atomic E-state index is 0.856. The van der Waals surface area contributed by atoms with Crippen LogP contribution < -0.4 is 0 Å². The predicted octanol–water partition coefficient (Wildman–Crippen LogP) is 6.51. The van der Waals surface area contributed by atoms with Gasteiger partial charge in [-0.05, 0) is 74.8 Å². The van der Waals surface area contributed by atoms with E-state index in [1.807, 2.05) is 11.3 Å². The second-order valence-corrected chi connectivity index (χ2v) is 9.58. The Labute approximate surface area is 132 Å².